The van der Waals surface area contributed by atoms with Crippen molar-refractivity contribution in [1.29, 1.82) is 0 Å². The summed E-state index contributed by atoms with van der Waals surface area (Å²) < 4.78 is 1.81. The van der Waals surface area contributed by atoms with Crippen LogP contribution in [-0.4, -0.2) is 20.7 Å². The van der Waals surface area contributed by atoms with Crippen molar-refractivity contribution in [2.75, 3.05) is 5.32 Å². The van der Waals surface area contributed by atoms with Crippen molar-refractivity contribution >= 4 is 52.4 Å². The minimum atomic E-state index is -0.217. The third-order valence-corrected chi connectivity index (χ3v) is 5.21. The zero-order valence-corrected chi connectivity index (χ0v) is 15.0. The second-order valence-electron chi connectivity index (χ2n) is 4.80. The van der Waals surface area contributed by atoms with Crippen LogP contribution in [0.25, 0.3) is 6.08 Å². The van der Waals surface area contributed by atoms with E-state index in [1.165, 1.54) is 17.8 Å². The van der Waals surface area contributed by atoms with Gasteiger partial charge in [-0.2, -0.15) is 0 Å². The van der Waals surface area contributed by atoms with Crippen LogP contribution in [-0.2, 0) is 11.8 Å². The molecule has 0 bridgehead atoms. The van der Waals surface area contributed by atoms with Gasteiger partial charge in [-0.25, -0.2) is 0 Å². The third kappa shape index (κ3) is 4.25. The van der Waals surface area contributed by atoms with Crippen molar-refractivity contribution in [3.63, 3.8) is 0 Å². The first kappa shape index (κ1) is 16.8. The average Bonchev–Trinajstić information content (AvgIpc) is 3.20. The number of carbonyl (C=O) groups is 1. The van der Waals surface area contributed by atoms with Crippen LogP contribution < -0.4 is 5.32 Å². The number of amides is 1. The minimum absolute atomic E-state index is 0.217. The fourth-order valence-electron chi connectivity index (χ4n) is 1.87. The predicted molar refractivity (Wildman–Crippen MR) is 98.6 cm³/mol. The van der Waals surface area contributed by atoms with Crippen LogP contribution >= 0.6 is 34.7 Å². The van der Waals surface area contributed by atoms with Gasteiger partial charge in [-0.1, -0.05) is 17.7 Å². The summed E-state index contributed by atoms with van der Waals surface area (Å²) in [4.78, 5) is 14.0. The molecule has 24 heavy (non-hydrogen) atoms. The van der Waals surface area contributed by atoms with Crippen LogP contribution in [0.15, 0.2) is 58.2 Å². The van der Waals surface area contributed by atoms with E-state index in [9.17, 15) is 4.79 Å². The standard InChI is InChI=1S/C16H13ClN4OS2/c1-21-10-18-20-16(21)24-14-6-4-11(17)9-13(14)19-15(22)7-5-12-3-2-8-23-12/h2-10H,1H3,(H,19,22). The lowest BCUT2D eigenvalue weighted by Crippen LogP contribution is -2.08. The van der Waals surface area contributed by atoms with Crippen molar-refractivity contribution in [1.82, 2.24) is 14.8 Å². The Hall–Kier alpha value is -2.09. The average molecular weight is 377 g/mol. The van der Waals surface area contributed by atoms with Crippen LogP contribution in [0, 0.1) is 0 Å². The highest BCUT2D eigenvalue weighted by Gasteiger charge is 2.11. The van der Waals surface area contributed by atoms with E-state index < -0.39 is 0 Å². The van der Waals surface area contributed by atoms with E-state index in [0.717, 1.165) is 14.9 Å². The normalized spacial score (nSPS) is 11.1. The quantitative estimate of drug-likeness (QED) is 0.673. The molecule has 1 aromatic carbocycles. The molecule has 2 heterocycles. The van der Waals surface area contributed by atoms with Crippen molar-refractivity contribution < 1.29 is 4.79 Å². The number of thiophene rings is 1. The highest BCUT2D eigenvalue weighted by molar-refractivity contribution is 7.99. The first-order chi connectivity index (χ1) is 11.6. The van der Waals surface area contributed by atoms with Gasteiger partial charge in [0.15, 0.2) is 5.16 Å². The Morgan fingerprint density at radius 2 is 2.29 bits per heavy atom. The Morgan fingerprint density at radius 1 is 1.42 bits per heavy atom. The van der Waals surface area contributed by atoms with E-state index in [1.807, 2.05) is 35.2 Å². The molecule has 1 amide bonds. The number of aryl methyl sites for hydroxylation is 1. The molecule has 0 spiro atoms. The van der Waals surface area contributed by atoms with Gasteiger partial charge in [-0.3, -0.25) is 4.79 Å². The van der Waals surface area contributed by atoms with Gasteiger partial charge < -0.3 is 9.88 Å². The first-order valence-electron chi connectivity index (χ1n) is 6.96. The van der Waals surface area contributed by atoms with Crippen molar-refractivity contribution in [3.8, 4) is 0 Å². The zero-order valence-electron chi connectivity index (χ0n) is 12.6. The number of rotatable bonds is 5. The Kier molecular flexibility index (Phi) is 5.34. The Balaban J connectivity index is 1.78. The topological polar surface area (TPSA) is 59.8 Å². The number of nitrogens with one attached hydrogen (secondary N) is 1. The van der Waals surface area contributed by atoms with E-state index in [4.69, 9.17) is 11.6 Å². The lowest BCUT2D eigenvalue weighted by Gasteiger charge is -2.09. The molecule has 1 N–H and O–H groups in total. The molecule has 0 aliphatic rings. The maximum Gasteiger partial charge on any atom is 0.248 e. The lowest BCUT2D eigenvalue weighted by molar-refractivity contribution is -0.111. The molecule has 0 aliphatic carbocycles. The summed E-state index contributed by atoms with van der Waals surface area (Å²) >= 11 is 9.04. The molecule has 0 atom stereocenters. The van der Waals surface area contributed by atoms with Gasteiger partial charge in [0, 0.05) is 27.9 Å². The summed E-state index contributed by atoms with van der Waals surface area (Å²) in [7, 11) is 1.86. The SMILES string of the molecule is Cn1cnnc1Sc1ccc(Cl)cc1NC(=O)C=Cc1cccs1. The monoisotopic (exact) mass is 376 g/mol. The number of hydrogen-bond acceptors (Lipinski definition) is 5. The predicted octanol–water partition coefficient (Wildman–Crippen LogP) is 4.33. The molecular formula is C16H13ClN4OS2. The highest BCUT2D eigenvalue weighted by atomic mass is 35.5. The molecule has 3 aromatic rings. The van der Waals surface area contributed by atoms with Crippen LogP contribution in [0.1, 0.15) is 4.88 Å². The lowest BCUT2D eigenvalue weighted by atomic mass is 10.3. The number of halogens is 1. The van der Waals surface area contributed by atoms with E-state index in [0.29, 0.717) is 10.7 Å². The molecular weight excluding hydrogens is 364 g/mol. The highest BCUT2D eigenvalue weighted by Crippen LogP contribution is 2.34. The van der Waals surface area contributed by atoms with Gasteiger partial charge in [0.1, 0.15) is 6.33 Å². The molecule has 122 valence electrons. The van der Waals surface area contributed by atoms with Gasteiger partial charge in [-0.15, -0.1) is 21.5 Å². The molecule has 2 aromatic heterocycles. The molecule has 0 aliphatic heterocycles. The molecule has 0 fully saturated rings. The molecule has 3 rings (SSSR count). The Labute approximate surface area is 152 Å². The molecule has 0 unspecified atom stereocenters. The number of carbonyl (C=O) groups excluding carboxylic acids is 1. The first-order valence-corrected chi connectivity index (χ1v) is 9.03. The molecule has 8 heteroatoms. The van der Waals surface area contributed by atoms with Crippen LogP contribution in [0.3, 0.4) is 0 Å². The second-order valence-corrected chi connectivity index (χ2v) is 7.23. The van der Waals surface area contributed by atoms with Crippen LogP contribution in [0.4, 0.5) is 5.69 Å². The van der Waals surface area contributed by atoms with Gasteiger partial charge in [0.05, 0.1) is 5.69 Å². The maximum atomic E-state index is 12.2. The summed E-state index contributed by atoms with van der Waals surface area (Å²) in [6.07, 6.45) is 4.91. The van der Waals surface area contributed by atoms with Crippen LogP contribution in [0.5, 0.6) is 0 Å². The Bertz CT molecular complexity index is 874. The van der Waals surface area contributed by atoms with Crippen molar-refractivity contribution in [3.05, 3.63) is 58.0 Å². The number of nitrogens with zero attached hydrogens (tertiary/aromatic N) is 3. The Morgan fingerprint density at radius 3 is 3.00 bits per heavy atom. The zero-order chi connectivity index (χ0) is 16.9. The fourth-order valence-corrected chi connectivity index (χ4v) is 3.49. The van der Waals surface area contributed by atoms with Gasteiger partial charge in [0.2, 0.25) is 5.91 Å². The van der Waals surface area contributed by atoms with E-state index in [-0.39, 0.29) is 5.91 Å². The third-order valence-electron chi connectivity index (χ3n) is 3.01. The molecule has 0 radical (unpaired) electrons. The van der Waals surface area contributed by atoms with Crippen molar-refractivity contribution in [2.45, 2.75) is 10.1 Å². The summed E-state index contributed by atoms with van der Waals surface area (Å²) in [5, 5.41) is 14.0. The van der Waals surface area contributed by atoms with E-state index in [1.54, 1.807) is 35.9 Å². The minimum Gasteiger partial charge on any atom is -0.321 e. The van der Waals surface area contributed by atoms with Gasteiger partial charge in [0.25, 0.3) is 0 Å². The van der Waals surface area contributed by atoms with E-state index >= 15 is 0 Å². The number of benzene rings is 1. The summed E-state index contributed by atoms with van der Waals surface area (Å²) in [6, 6.07) is 9.23. The van der Waals surface area contributed by atoms with Crippen LogP contribution in [0.2, 0.25) is 5.02 Å². The number of aromatic nitrogens is 3. The summed E-state index contributed by atoms with van der Waals surface area (Å²) in [6.45, 7) is 0. The summed E-state index contributed by atoms with van der Waals surface area (Å²) in [5.74, 6) is -0.217. The second kappa shape index (κ2) is 7.65. The largest absolute Gasteiger partial charge is 0.321 e. The fraction of sp³-hybridized carbons (Fsp3) is 0.0625. The summed E-state index contributed by atoms with van der Waals surface area (Å²) in [5.41, 5.74) is 0.635. The maximum absolute atomic E-state index is 12.2. The molecule has 5 nitrogen and oxygen atoms in total. The van der Waals surface area contributed by atoms with Gasteiger partial charge >= 0.3 is 0 Å². The number of hydrogen-bond donors (Lipinski definition) is 1. The smallest absolute Gasteiger partial charge is 0.248 e. The molecule has 0 saturated heterocycles. The molecule has 0 saturated carbocycles. The van der Waals surface area contributed by atoms with Gasteiger partial charge in [-0.05, 0) is 47.5 Å². The number of anilines is 1. The van der Waals surface area contributed by atoms with E-state index in [2.05, 4.69) is 15.5 Å². The van der Waals surface area contributed by atoms with Crippen molar-refractivity contribution in [2.24, 2.45) is 7.05 Å².